The van der Waals surface area contributed by atoms with Gasteiger partial charge in [0.15, 0.2) is 0 Å². The molecule has 2 aromatic rings. The molecule has 2 aromatic carbocycles. The Hall–Kier alpha value is -2.50. The number of nitrogens with zero attached hydrogens (tertiary/aromatic N) is 1. The molecule has 24 heavy (non-hydrogen) atoms. The average molecular weight is 336 g/mol. The molecule has 3 nitrogen and oxygen atoms in total. The fourth-order valence-corrected chi connectivity index (χ4v) is 2.28. The molecule has 0 fully saturated rings. The van der Waals surface area contributed by atoms with Gasteiger partial charge in [0.1, 0.15) is 0 Å². The van der Waals surface area contributed by atoms with E-state index in [9.17, 15) is 18.0 Å². The predicted octanol–water partition coefficient (Wildman–Crippen LogP) is 4.17. The summed E-state index contributed by atoms with van der Waals surface area (Å²) in [5, 5.41) is 2.77. The number of rotatable bonds is 6. The van der Waals surface area contributed by atoms with Gasteiger partial charge in [-0.3, -0.25) is 4.79 Å². The van der Waals surface area contributed by atoms with Crippen LogP contribution in [0, 0.1) is 0 Å². The van der Waals surface area contributed by atoms with Crippen molar-refractivity contribution >= 4 is 11.6 Å². The van der Waals surface area contributed by atoms with Gasteiger partial charge in [0.25, 0.3) is 0 Å². The Balaban J connectivity index is 1.96. The van der Waals surface area contributed by atoms with Gasteiger partial charge in [-0.1, -0.05) is 36.4 Å². The summed E-state index contributed by atoms with van der Waals surface area (Å²) in [6.45, 7) is 2.81. The Morgan fingerprint density at radius 3 is 2.42 bits per heavy atom. The van der Waals surface area contributed by atoms with Crippen molar-refractivity contribution in [2.45, 2.75) is 19.6 Å². The third-order valence-corrected chi connectivity index (χ3v) is 3.58. The standard InChI is InChI=1S/C18H19F3N2O/c1-2-23(13-14-7-4-3-5-8-14)17(24)12-22-16-10-6-9-15(11-16)18(19,20)21/h3-11,22H,2,12-13H2,1H3. The van der Waals surface area contributed by atoms with Gasteiger partial charge >= 0.3 is 6.18 Å². The number of nitrogens with one attached hydrogen (secondary N) is 1. The number of anilines is 1. The van der Waals surface area contributed by atoms with Gasteiger partial charge in [0.2, 0.25) is 5.91 Å². The number of likely N-dealkylation sites (N-methyl/N-ethyl adjacent to an activating group) is 1. The molecule has 1 amide bonds. The normalized spacial score (nSPS) is 11.2. The lowest BCUT2D eigenvalue weighted by Crippen LogP contribution is -2.35. The Morgan fingerprint density at radius 1 is 1.08 bits per heavy atom. The van der Waals surface area contributed by atoms with E-state index in [1.807, 2.05) is 37.3 Å². The van der Waals surface area contributed by atoms with Crippen molar-refractivity contribution in [3.8, 4) is 0 Å². The van der Waals surface area contributed by atoms with Crippen LogP contribution in [0.1, 0.15) is 18.1 Å². The Bertz CT molecular complexity index is 671. The monoisotopic (exact) mass is 336 g/mol. The lowest BCUT2D eigenvalue weighted by atomic mass is 10.2. The zero-order valence-electron chi connectivity index (χ0n) is 13.3. The van der Waals surface area contributed by atoms with E-state index in [1.54, 1.807) is 4.90 Å². The van der Waals surface area contributed by atoms with Gasteiger partial charge in [0.05, 0.1) is 12.1 Å². The number of hydrogen-bond donors (Lipinski definition) is 1. The first kappa shape index (κ1) is 17.8. The topological polar surface area (TPSA) is 32.3 Å². The maximum atomic E-state index is 12.7. The Morgan fingerprint density at radius 2 is 1.79 bits per heavy atom. The van der Waals surface area contributed by atoms with E-state index in [1.165, 1.54) is 12.1 Å². The van der Waals surface area contributed by atoms with Crippen LogP contribution in [-0.2, 0) is 17.5 Å². The summed E-state index contributed by atoms with van der Waals surface area (Å²) in [5.74, 6) is -0.168. The molecule has 2 rings (SSSR count). The van der Waals surface area contributed by atoms with Crippen molar-refractivity contribution in [1.29, 1.82) is 0 Å². The first-order valence-corrected chi connectivity index (χ1v) is 7.63. The van der Waals surface area contributed by atoms with Crippen LogP contribution >= 0.6 is 0 Å². The number of alkyl halides is 3. The molecule has 0 unspecified atom stereocenters. The first-order chi connectivity index (χ1) is 11.4. The second-order valence-corrected chi connectivity index (χ2v) is 5.33. The number of halogens is 3. The van der Waals surface area contributed by atoms with Crippen molar-refractivity contribution in [2.75, 3.05) is 18.4 Å². The second-order valence-electron chi connectivity index (χ2n) is 5.33. The van der Waals surface area contributed by atoms with Crippen LogP contribution in [0.15, 0.2) is 54.6 Å². The lowest BCUT2D eigenvalue weighted by molar-refractivity contribution is -0.137. The van der Waals surface area contributed by atoms with Gasteiger partial charge < -0.3 is 10.2 Å². The molecule has 6 heteroatoms. The molecule has 0 heterocycles. The molecule has 1 N–H and O–H groups in total. The van der Waals surface area contributed by atoms with Crippen molar-refractivity contribution in [3.05, 3.63) is 65.7 Å². The predicted molar refractivity (Wildman–Crippen MR) is 87.5 cm³/mol. The first-order valence-electron chi connectivity index (χ1n) is 7.63. The van der Waals surface area contributed by atoms with E-state index in [-0.39, 0.29) is 18.1 Å². The highest BCUT2D eigenvalue weighted by atomic mass is 19.4. The van der Waals surface area contributed by atoms with Crippen LogP contribution in [-0.4, -0.2) is 23.9 Å². The molecular formula is C18H19F3N2O. The van der Waals surface area contributed by atoms with Crippen LogP contribution in [0.5, 0.6) is 0 Å². The van der Waals surface area contributed by atoms with Crippen molar-refractivity contribution < 1.29 is 18.0 Å². The summed E-state index contributed by atoms with van der Waals surface area (Å²) in [6.07, 6.45) is -4.40. The summed E-state index contributed by atoms with van der Waals surface area (Å²) in [7, 11) is 0. The van der Waals surface area contributed by atoms with Gasteiger partial charge in [-0.15, -0.1) is 0 Å². The van der Waals surface area contributed by atoms with E-state index < -0.39 is 11.7 Å². The van der Waals surface area contributed by atoms with Gasteiger partial charge in [-0.2, -0.15) is 13.2 Å². The third-order valence-electron chi connectivity index (χ3n) is 3.58. The molecule has 0 aliphatic heterocycles. The minimum absolute atomic E-state index is 0.0536. The van der Waals surface area contributed by atoms with Crippen molar-refractivity contribution in [1.82, 2.24) is 4.90 Å². The Kier molecular flexibility index (Phi) is 5.84. The molecule has 0 aliphatic carbocycles. The van der Waals surface area contributed by atoms with Crippen LogP contribution in [0.25, 0.3) is 0 Å². The highest BCUT2D eigenvalue weighted by Crippen LogP contribution is 2.30. The third kappa shape index (κ3) is 5.01. The smallest absolute Gasteiger partial charge is 0.376 e. The van der Waals surface area contributed by atoms with Crippen LogP contribution in [0.4, 0.5) is 18.9 Å². The quantitative estimate of drug-likeness (QED) is 0.859. The molecule has 0 aromatic heterocycles. The minimum Gasteiger partial charge on any atom is -0.376 e. The van der Waals surface area contributed by atoms with Crippen LogP contribution in [0.2, 0.25) is 0 Å². The van der Waals surface area contributed by atoms with Crippen LogP contribution < -0.4 is 5.32 Å². The zero-order valence-corrected chi connectivity index (χ0v) is 13.3. The van der Waals surface area contributed by atoms with E-state index in [4.69, 9.17) is 0 Å². The molecule has 0 saturated heterocycles. The number of carbonyl (C=O) groups excluding carboxylic acids is 1. The molecule has 0 saturated carbocycles. The average Bonchev–Trinajstić information content (AvgIpc) is 2.58. The highest BCUT2D eigenvalue weighted by Gasteiger charge is 2.30. The summed E-state index contributed by atoms with van der Waals surface area (Å²) in [6, 6.07) is 14.4. The molecular weight excluding hydrogens is 317 g/mol. The molecule has 0 radical (unpaired) electrons. The number of hydrogen-bond acceptors (Lipinski definition) is 2. The van der Waals surface area contributed by atoms with Gasteiger partial charge in [-0.05, 0) is 30.7 Å². The molecule has 0 bridgehead atoms. The Labute approximate surface area is 139 Å². The fraction of sp³-hybridized carbons (Fsp3) is 0.278. The summed E-state index contributed by atoms with van der Waals surface area (Å²) < 4.78 is 38.1. The zero-order chi connectivity index (χ0) is 17.6. The van der Waals surface area contributed by atoms with E-state index in [0.29, 0.717) is 13.1 Å². The largest absolute Gasteiger partial charge is 0.416 e. The number of amides is 1. The summed E-state index contributed by atoms with van der Waals surface area (Å²) in [5.41, 5.74) is 0.539. The summed E-state index contributed by atoms with van der Waals surface area (Å²) in [4.78, 5) is 13.9. The van der Waals surface area contributed by atoms with E-state index in [0.717, 1.165) is 17.7 Å². The molecule has 128 valence electrons. The lowest BCUT2D eigenvalue weighted by Gasteiger charge is -2.21. The maximum absolute atomic E-state index is 12.7. The second kappa shape index (κ2) is 7.86. The fourth-order valence-electron chi connectivity index (χ4n) is 2.28. The van der Waals surface area contributed by atoms with Crippen LogP contribution in [0.3, 0.4) is 0 Å². The van der Waals surface area contributed by atoms with Gasteiger partial charge in [-0.25, -0.2) is 0 Å². The number of carbonyl (C=O) groups is 1. The number of benzene rings is 2. The highest BCUT2D eigenvalue weighted by molar-refractivity contribution is 5.80. The molecule has 0 spiro atoms. The van der Waals surface area contributed by atoms with Crippen molar-refractivity contribution in [2.24, 2.45) is 0 Å². The molecule has 0 atom stereocenters. The SMILES string of the molecule is CCN(Cc1ccccc1)C(=O)CNc1cccc(C(F)(F)F)c1. The maximum Gasteiger partial charge on any atom is 0.416 e. The van der Waals surface area contributed by atoms with E-state index >= 15 is 0 Å². The van der Waals surface area contributed by atoms with Gasteiger partial charge in [0, 0.05) is 18.8 Å². The van der Waals surface area contributed by atoms with Crippen molar-refractivity contribution in [3.63, 3.8) is 0 Å². The molecule has 0 aliphatic rings. The van der Waals surface area contributed by atoms with E-state index in [2.05, 4.69) is 5.32 Å². The summed E-state index contributed by atoms with van der Waals surface area (Å²) >= 11 is 0. The minimum atomic E-state index is -4.40.